The van der Waals surface area contributed by atoms with Gasteiger partial charge in [-0.15, -0.1) is 0 Å². The van der Waals surface area contributed by atoms with Crippen LogP contribution in [-0.4, -0.2) is 43.0 Å². The maximum absolute atomic E-state index is 6.03. The quantitative estimate of drug-likeness (QED) is 0.845. The molecule has 0 bridgehead atoms. The Labute approximate surface area is 138 Å². The van der Waals surface area contributed by atoms with Crippen LogP contribution in [0.25, 0.3) is 0 Å². The average molecular weight is 315 g/mol. The third-order valence-electron chi connectivity index (χ3n) is 4.58. The van der Waals surface area contributed by atoms with Crippen molar-refractivity contribution < 1.29 is 0 Å². The monoisotopic (exact) mass is 314 g/mol. The van der Waals surface area contributed by atoms with Crippen LogP contribution in [0.5, 0.6) is 0 Å². The van der Waals surface area contributed by atoms with Crippen molar-refractivity contribution in [3.05, 3.63) is 70.7 Å². The summed E-state index contributed by atoms with van der Waals surface area (Å²) in [7, 11) is 4.36. The lowest BCUT2D eigenvalue weighted by molar-refractivity contribution is 0.260. The molecule has 1 fully saturated rings. The standard InChI is InChI=1S/C19H23ClN2/c1-21(2)19-14-22(12-15-6-4-3-5-7-15)13-18(19)16-8-10-17(20)11-9-16/h3-11,18-19H,12-14H2,1-2H3. The lowest BCUT2D eigenvalue weighted by atomic mass is 9.94. The molecule has 2 unspecified atom stereocenters. The number of hydrogen-bond donors (Lipinski definition) is 0. The van der Waals surface area contributed by atoms with Gasteiger partial charge in [0.2, 0.25) is 0 Å². The summed E-state index contributed by atoms with van der Waals surface area (Å²) in [5, 5.41) is 0.810. The van der Waals surface area contributed by atoms with Crippen molar-refractivity contribution in [3.8, 4) is 0 Å². The summed E-state index contributed by atoms with van der Waals surface area (Å²) in [6.45, 7) is 3.23. The lowest BCUT2D eigenvalue weighted by Crippen LogP contribution is -2.34. The highest BCUT2D eigenvalue weighted by molar-refractivity contribution is 6.30. The Hall–Kier alpha value is -1.35. The van der Waals surface area contributed by atoms with Gasteiger partial charge in [0.1, 0.15) is 0 Å². The predicted octanol–water partition coefficient (Wildman–Crippen LogP) is 3.87. The van der Waals surface area contributed by atoms with Crippen molar-refractivity contribution >= 4 is 11.6 Å². The van der Waals surface area contributed by atoms with E-state index in [2.05, 4.69) is 66.4 Å². The second-order valence-corrected chi connectivity index (χ2v) is 6.81. The van der Waals surface area contributed by atoms with Crippen molar-refractivity contribution in [1.29, 1.82) is 0 Å². The first kappa shape index (κ1) is 15.5. The fourth-order valence-corrected chi connectivity index (χ4v) is 3.52. The van der Waals surface area contributed by atoms with Gasteiger partial charge in [0, 0.05) is 36.6 Å². The Balaban J connectivity index is 1.76. The minimum atomic E-state index is 0.538. The van der Waals surface area contributed by atoms with Crippen LogP contribution in [0.15, 0.2) is 54.6 Å². The third kappa shape index (κ3) is 3.52. The highest BCUT2D eigenvalue weighted by atomic mass is 35.5. The van der Waals surface area contributed by atoms with Gasteiger partial charge >= 0.3 is 0 Å². The van der Waals surface area contributed by atoms with Crippen LogP contribution in [0.3, 0.4) is 0 Å². The van der Waals surface area contributed by atoms with E-state index in [-0.39, 0.29) is 0 Å². The minimum absolute atomic E-state index is 0.538. The van der Waals surface area contributed by atoms with Gasteiger partial charge in [0.25, 0.3) is 0 Å². The third-order valence-corrected chi connectivity index (χ3v) is 4.83. The Morgan fingerprint density at radius 3 is 2.32 bits per heavy atom. The Morgan fingerprint density at radius 2 is 1.68 bits per heavy atom. The smallest absolute Gasteiger partial charge is 0.0406 e. The molecule has 0 aliphatic carbocycles. The molecule has 0 N–H and O–H groups in total. The first-order valence-corrected chi connectivity index (χ1v) is 8.19. The van der Waals surface area contributed by atoms with Crippen molar-refractivity contribution in [2.45, 2.75) is 18.5 Å². The molecule has 0 aromatic heterocycles. The van der Waals surface area contributed by atoms with Crippen LogP contribution in [-0.2, 0) is 6.54 Å². The number of likely N-dealkylation sites (tertiary alicyclic amines) is 1. The summed E-state index contributed by atoms with van der Waals surface area (Å²) in [5.74, 6) is 0.538. The lowest BCUT2D eigenvalue weighted by Gasteiger charge is -2.25. The summed E-state index contributed by atoms with van der Waals surface area (Å²) in [6, 6.07) is 19.6. The molecule has 2 aromatic rings. The Morgan fingerprint density at radius 1 is 1.00 bits per heavy atom. The number of halogens is 1. The molecule has 2 aromatic carbocycles. The maximum Gasteiger partial charge on any atom is 0.0406 e. The zero-order valence-corrected chi connectivity index (χ0v) is 14.0. The van der Waals surface area contributed by atoms with E-state index in [1.165, 1.54) is 11.1 Å². The van der Waals surface area contributed by atoms with E-state index in [0.29, 0.717) is 12.0 Å². The van der Waals surface area contributed by atoms with E-state index < -0.39 is 0 Å². The Kier molecular flexibility index (Phi) is 4.82. The summed E-state index contributed by atoms with van der Waals surface area (Å²) in [4.78, 5) is 4.91. The molecule has 3 heteroatoms. The fourth-order valence-electron chi connectivity index (χ4n) is 3.40. The zero-order chi connectivity index (χ0) is 15.5. The molecule has 1 heterocycles. The largest absolute Gasteiger partial charge is 0.305 e. The summed E-state index contributed by atoms with van der Waals surface area (Å²) >= 11 is 6.03. The molecule has 116 valence electrons. The van der Waals surface area contributed by atoms with Crippen molar-refractivity contribution in [2.24, 2.45) is 0 Å². The molecule has 1 aliphatic rings. The van der Waals surface area contributed by atoms with E-state index in [9.17, 15) is 0 Å². The zero-order valence-electron chi connectivity index (χ0n) is 13.2. The van der Waals surface area contributed by atoms with E-state index in [1.54, 1.807) is 0 Å². The molecule has 22 heavy (non-hydrogen) atoms. The fraction of sp³-hybridized carbons (Fsp3) is 0.368. The van der Waals surface area contributed by atoms with E-state index in [0.717, 1.165) is 24.7 Å². The molecule has 0 radical (unpaired) electrons. The summed E-state index contributed by atoms with van der Waals surface area (Å²) in [5.41, 5.74) is 2.77. The van der Waals surface area contributed by atoms with Gasteiger partial charge in [-0.2, -0.15) is 0 Å². The van der Waals surface area contributed by atoms with Crippen LogP contribution in [0.1, 0.15) is 17.0 Å². The van der Waals surface area contributed by atoms with E-state index >= 15 is 0 Å². The van der Waals surface area contributed by atoms with Crippen molar-refractivity contribution in [2.75, 3.05) is 27.2 Å². The molecule has 0 spiro atoms. The molecule has 3 rings (SSSR count). The summed E-state index contributed by atoms with van der Waals surface area (Å²) < 4.78 is 0. The number of nitrogens with zero attached hydrogens (tertiary/aromatic N) is 2. The molecular weight excluding hydrogens is 292 g/mol. The molecule has 2 nitrogen and oxygen atoms in total. The highest BCUT2D eigenvalue weighted by Crippen LogP contribution is 2.31. The molecule has 0 amide bonds. The SMILES string of the molecule is CN(C)C1CN(Cc2ccccc2)CC1c1ccc(Cl)cc1. The number of rotatable bonds is 4. The molecule has 0 saturated carbocycles. The van der Waals surface area contributed by atoms with Gasteiger partial charge in [0.05, 0.1) is 0 Å². The molecule has 1 aliphatic heterocycles. The van der Waals surface area contributed by atoms with Crippen LogP contribution >= 0.6 is 11.6 Å². The maximum atomic E-state index is 6.03. The van der Waals surface area contributed by atoms with Crippen molar-refractivity contribution in [1.82, 2.24) is 9.80 Å². The predicted molar refractivity (Wildman–Crippen MR) is 93.4 cm³/mol. The summed E-state index contributed by atoms with van der Waals surface area (Å²) in [6.07, 6.45) is 0. The van der Waals surface area contributed by atoms with Gasteiger partial charge in [0.15, 0.2) is 0 Å². The molecular formula is C19H23ClN2. The molecule has 1 saturated heterocycles. The minimum Gasteiger partial charge on any atom is -0.305 e. The topological polar surface area (TPSA) is 6.48 Å². The van der Waals surface area contributed by atoms with Crippen LogP contribution in [0, 0.1) is 0 Å². The highest BCUT2D eigenvalue weighted by Gasteiger charge is 2.34. The van der Waals surface area contributed by atoms with Crippen LogP contribution < -0.4 is 0 Å². The second-order valence-electron chi connectivity index (χ2n) is 6.37. The van der Waals surface area contributed by atoms with Gasteiger partial charge in [-0.25, -0.2) is 0 Å². The first-order valence-electron chi connectivity index (χ1n) is 7.81. The second kappa shape index (κ2) is 6.82. The number of benzene rings is 2. The van der Waals surface area contributed by atoms with Crippen LogP contribution in [0.4, 0.5) is 0 Å². The van der Waals surface area contributed by atoms with Gasteiger partial charge in [-0.05, 0) is 37.4 Å². The van der Waals surface area contributed by atoms with Crippen LogP contribution in [0.2, 0.25) is 5.02 Å². The first-order chi connectivity index (χ1) is 10.6. The van der Waals surface area contributed by atoms with Gasteiger partial charge in [-0.3, -0.25) is 4.90 Å². The normalized spacial score (nSPS) is 22.4. The number of likely N-dealkylation sites (N-methyl/N-ethyl adjacent to an activating group) is 1. The van der Waals surface area contributed by atoms with Gasteiger partial charge < -0.3 is 4.90 Å². The van der Waals surface area contributed by atoms with E-state index in [1.807, 2.05) is 12.1 Å². The van der Waals surface area contributed by atoms with Crippen molar-refractivity contribution in [3.63, 3.8) is 0 Å². The molecule has 2 atom stereocenters. The van der Waals surface area contributed by atoms with Gasteiger partial charge in [-0.1, -0.05) is 54.1 Å². The van der Waals surface area contributed by atoms with E-state index in [4.69, 9.17) is 11.6 Å². The number of hydrogen-bond acceptors (Lipinski definition) is 2. The Bertz CT molecular complexity index is 595. The average Bonchev–Trinajstić information content (AvgIpc) is 2.93.